The minimum absolute atomic E-state index is 0.489. The molecule has 0 bridgehead atoms. The Bertz CT molecular complexity index is 440. The van der Waals surface area contributed by atoms with Crippen LogP contribution in [0.2, 0.25) is 0 Å². The summed E-state index contributed by atoms with van der Waals surface area (Å²) in [6.07, 6.45) is 7.34. The second-order valence-electron chi connectivity index (χ2n) is 4.45. The Morgan fingerprint density at radius 3 is 2.78 bits per heavy atom. The Labute approximate surface area is 110 Å². The van der Waals surface area contributed by atoms with E-state index in [1.165, 1.54) is 11.8 Å². The molecule has 0 atom stereocenters. The van der Waals surface area contributed by atoms with E-state index in [1.807, 2.05) is 0 Å². The molecule has 6 heteroatoms. The smallest absolute Gasteiger partial charge is 0.208 e. The van der Waals surface area contributed by atoms with E-state index in [1.54, 1.807) is 0 Å². The van der Waals surface area contributed by atoms with Crippen LogP contribution in [-0.2, 0) is 23.1 Å². The molecule has 0 saturated heterocycles. The number of nitrogens with zero attached hydrogens (tertiary/aromatic N) is 1. The molecule has 0 fully saturated rings. The van der Waals surface area contributed by atoms with Crippen molar-refractivity contribution >= 4 is 10.0 Å². The number of hydrogen-bond donors (Lipinski definition) is 2. The van der Waals surface area contributed by atoms with Crippen LogP contribution in [0, 0.1) is 0 Å². The second kappa shape index (κ2) is 7.56. The molecule has 0 saturated carbocycles. The lowest BCUT2D eigenvalue weighted by Crippen LogP contribution is -2.26. The van der Waals surface area contributed by atoms with Gasteiger partial charge >= 0.3 is 0 Å². The van der Waals surface area contributed by atoms with Crippen molar-refractivity contribution < 1.29 is 8.42 Å². The van der Waals surface area contributed by atoms with Gasteiger partial charge in [-0.1, -0.05) is 6.92 Å². The van der Waals surface area contributed by atoms with Gasteiger partial charge in [0.15, 0.2) is 0 Å². The number of sulfonamides is 1. The molecule has 0 aliphatic rings. The summed E-state index contributed by atoms with van der Waals surface area (Å²) in [5.74, 6) is 0. The fourth-order valence-corrected chi connectivity index (χ4v) is 2.21. The van der Waals surface area contributed by atoms with Gasteiger partial charge in [-0.15, -0.1) is 0 Å². The molecule has 0 aliphatic carbocycles. The molecule has 0 aliphatic heterocycles. The average Bonchev–Trinajstić information content (AvgIpc) is 2.70. The Morgan fingerprint density at radius 2 is 2.11 bits per heavy atom. The minimum Gasteiger partial charge on any atom is -0.354 e. The lowest BCUT2D eigenvalue weighted by Gasteiger charge is -2.04. The van der Waals surface area contributed by atoms with Gasteiger partial charge in [-0.3, -0.25) is 0 Å². The quantitative estimate of drug-likeness (QED) is 0.658. The highest BCUT2D eigenvalue weighted by Crippen LogP contribution is 2.01. The fraction of sp³-hybridized carbons (Fsp3) is 0.667. The van der Waals surface area contributed by atoms with Crippen LogP contribution >= 0.6 is 0 Å². The molecular weight excluding hydrogens is 250 g/mol. The van der Waals surface area contributed by atoms with Crippen LogP contribution in [0.4, 0.5) is 0 Å². The first-order valence-corrected chi connectivity index (χ1v) is 8.20. The summed E-state index contributed by atoms with van der Waals surface area (Å²) in [5, 5.41) is 3.30. The molecule has 0 amide bonds. The minimum atomic E-state index is -3.05. The second-order valence-corrected chi connectivity index (χ2v) is 6.29. The number of rotatable bonds is 9. The van der Waals surface area contributed by atoms with Crippen LogP contribution < -0.4 is 10.0 Å². The van der Waals surface area contributed by atoms with Gasteiger partial charge in [0.05, 0.1) is 6.26 Å². The summed E-state index contributed by atoms with van der Waals surface area (Å²) in [7, 11) is -3.05. The third kappa shape index (κ3) is 6.78. The van der Waals surface area contributed by atoms with E-state index >= 15 is 0 Å². The normalized spacial score (nSPS) is 11.9. The third-order valence-corrected chi connectivity index (χ3v) is 3.25. The standard InChI is InChI=1S/C12H23N3O2S/c1-3-8-15-9-5-12(11-15)10-13-6-4-7-14-18(2,16)17/h5,9,11,13-14H,3-4,6-8,10H2,1-2H3. The summed E-state index contributed by atoms with van der Waals surface area (Å²) in [6.45, 7) is 5.34. The highest BCUT2D eigenvalue weighted by molar-refractivity contribution is 7.88. The molecule has 1 aromatic heterocycles. The summed E-state index contributed by atoms with van der Waals surface area (Å²) < 4.78 is 26.3. The van der Waals surface area contributed by atoms with Crippen molar-refractivity contribution in [1.29, 1.82) is 0 Å². The van der Waals surface area contributed by atoms with Crippen LogP contribution in [0.15, 0.2) is 18.5 Å². The SMILES string of the molecule is CCCn1ccc(CNCCCNS(C)(=O)=O)c1. The van der Waals surface area contributed by atoms with Gasteiger partial charge in [-0.2, -0.15) is 0 Å². The van der Waals surface area contributed by atoms with Crippen LogP contribution in [-0.4, -0.2) is 32.3 Å². The van der Waals surface area contributed by atoms with E-state index in [4.69, 9.17) is 0 Å². The maximum atomic E-state index is 10.8. The largest absolute Gasteiger partial charge is 0.354 e. The van der Waals surface area contributed by atoms with Gasteiger partial charge in [-0.05, 0) is 31.0 Å². The highest BCUT2D eigenvalue weighted by Gasteiger charge is 1.99. The lowest BCUT2D eigenvalue weighted by molar-refractivity contribution is 0.579. The van der Waals surface area contributed by atoms with E-state index in [-0.39, 0.29) is 0 Å². The van der Waals surface area contributed by atoms with Crippen molar-refractivity contribution in [2.24, 2.45) is 0 Å². The van der Waals surface area contributed by atoms with Gasteiger partial charge in [0, 0.05) is 32.0 Å². The monoisotopic (exact) mass is 273 g/mol. The fourth-order valence-electron chi connectivity index (χ4n) is 1.70. The highest BCUT2D eigenvalue weighted by atomic mass is 32.2. The van der Waals surface area contributed by atoms with Crippen molar-refractivity contribution in [3.05, 3.63) is 24.0 Å². The maximum Gasteiger partial charge on any atom is 0.208 e. The predicted octanol–water partition coefficient (Wildman–Crippen LogP) is 0.927. The van der Waals surface area contributed by atoms with Crippen molar-refractivity contribution in [3.63, 3.8) is 0 Å². The average molecular weight is 273 g/mol. The molecule has 104 valence electrons. The third-order valence-electron chi connectivity index (χ3n) is 2.52. The Morgan fingerprint density at radius 1 is 1.33 bits per heavy atom. The molecule has 0 radical (unpaired) electrons. The Kier molecular flexibility index (Phi) is 6.38. The molecule has 5 nitrogen and oxygen atoms in total. The van der Waals surface area contributed by atoms with Gasteiger partial charge in [-0.25, -0.2) is 13.1 Å². The van der Waals surface area contributed by atoms with Crippen LogP contribution in [0.5, 0.6) is 0 Å². The maximum absolute atomic E-state index is 10.8. The lowest BCUT2D eigenvalue weighted by atomic mass is 10.3. The summed E-state index contributed by atoms with van der Waals surface area (Å²) in [6, 6.07) is 2.11. The Hall–Kier alpha value is -0.850. The first-order valence-electron chi connectivity index (χ1n) is 6.31. The molecule has 1 heterocycles. The predicted molar refractivity (Wildman–Crippen MR) is 73.9 cm³/mol. The molecule has 0 aromatic carbocycles. The summed E-state index contributed by atoms with van der Waals surface area (Å²) in [4.78, 5) is 0. The van der Waals surface area contributed by atoms with Crippen LogP contribution in [0.1, 0.15) is 25.3 Å². The topological polar surface area (TPSA) is 63.1 Å². The van der Waals surface area contributed by atoms with Crippen LogP contribution in [0.3, 0.4) is 0 Å². The van der Waals surface area contributed by atoms with E-state index in [0.29, 0.717) is 6.54 Å². The zero-order chi connectivity index (χ0) is 13.4. The van der Waals surface area contributed by atoms with Crippen molar-refractivity contribution in [3.8, 4) is 0 Å². The number of nitrogens with one attached hydrogen (secondary N) is 2. The molecule has 0 spiro atoms. The van der Waals surface area contributed by atoms with Gasteiger partial charge in [0.1, 0.15) is 0 Å². The molecule has 1 rings (SSSR count). The van der Waals surface area contributed by atoms with Gasteiger partial charge in [0.25, 0.3) is 0 Å². The zero-order valence-corrected chi connectivity index (χ0v) is 12.0. The molecule has 2 N–H and O–H groups in total. The summed E-state index contributed by atoms with van der Waals surface area (Å²) in [5.41, 5.74) is 1.26. The van der Waals surface area contributed by atoms with Crippen molar-refractivity contribution in [2.75, 3.05) is 19.3 Å². The first-order chi connectivity index (χ1) is 8.51. The number of aromatic nitrogens is 1. The van der Waals surface area contributed by atoms with Gasteiger partial charge < -0.3 is 9.88 Å². The van der Waals surface area contributed by atoms with E-state index in [0.717, 1.165) is 32.5 Å². The van der Waals surface area contributed by atoms with E-state index in [2.05, 4.69) is 40.0 Å². The Balaban J connectivity index is 2.10. The van der Waals surface area contributed by atoms with Crippen molar-refractivity contribution in [1.82, 2.24) is 14.6 Å². The number of hydrogen-bond acceptors (Lipinski definition) is 3. The molecule has 0 unspecified atom stereocenters. The first kappa shape index (κ1) is 15.2. The van der Waals surface area contributed by atoms with Crippen LogP contribution in [0.25, 0.3) is 0 Å². The molecule has 1 aromatic rings. The summed E-state index contributed by atoms with van der Waals surface area (Å²) >= 11 is 0. The van der Waals surface area contributed by atoms with E-state index in [9.17, 15) is 8.42 Å². The molecule has 18 heavy (non-hydrogen) atoms. The number of aryl methyl sites for hydroxylation is 1. The zero-order valence-electron chi connectivity index (χ0n) is 11.1. The van der Waals surface area contributed by atoms with E-state index < -0.39 is 10.0 Å². The van der Waals surface area contributed by atoms with Gasteiger partial charge in [0.2, 0.25) is 10.0 Å². The molecular formula is C12H23N3O2S. The van der Waals surface area contributed by atoms with Crippen molar-refractivity contribution in [2.45, 2.75) is 32.9 Å².